The molecule has 2 amide bonds. The van der Waals surface area contributed by atoms with Crippen molar-refractivity contribution in [3.05, 3.63) is 30.1 Å². The summed E-state index contributed by atoms with van der Waals surface area (Å²) in [6.07, 6.45) is 8.80. The van der Waals surface area contributed by atoms with Crippen LogP contribution in [0.25, 0.3) is 0 Å². The highest BCUT2D eigenvalue weighted by atomic mass is 16.5. The molecule has 0 saturated carbocycles. The van der Waals surface area contributed by atoms with Crippen LogP contribution in [-0.2, 0) is 11.3 Å². The van der Waals surface area contributed by atoms with Crippen LogP contribution in [0, 0.1) is 0 Å². The number of rotatable bonds is 7. The fraction of sp³-hybridized carbons (Fsp3) is 0.714. The molecule has 0 aromatic carbocycles. The van der Waals surface area contributed by atoms with Gasteiger partial charge in [-0.1, -0.05) is 19.4 Å². The first kappa shape index (κ1) is 20.1. The van der Waals surface area contributed by atoms with Crippen LogP contribution < -0.4 is 5.32 Å². The van der Waals surface area contributed by atoms with Crippen LogP contribution in [0.5, 0.6) is 0 Å². The fourth-order valence-corrected chi connectivity index (χ4v) is 4.04. The number of carbonyl (C=O) groups excluding carboxylic acids is 1. The lowest BCUT2D eigenvalue weighted by Crippen LogP contribution is -2.50. The normalized spacial score (nSPS) is 20.4. The minimum Gasteiger partial charge on any atom is -0.372 e. The van der Waals surface area contributed by atoms with Gasteiger partial charge in [0.05, 0.1) is 18.4 Å². The highest BCUT2D eigenvalue weighted by Gasteiger charge is 2.25. The highest BCUT2D eigenvalue weighted by molar-refractivity contribution is 5.74. The predicted octanol–water partition coefficient (Wildman–Crippen LogP) is 3.04. The summed E-state index contributed by atoms with van der Waals surface area (Å²) in [6.45, 7) is 7.40. The molecule has 1 N–H and O–H groups in total. The van der Waals surface area contributed by atoms with Crippen LogP contribution in [0.1, 0.15) is 51.1 Å². The Morgan fingerprint density at radius 1 is 1.22 bits per heavy atom. The zero-order valence-corrected chi connectivity index (χ0v) is 16.6. The summed E-state index contributed by atoms with van der Waals surface area (Å²) in [5, 5.41) is 3.17. The van der Waals surface area contributed by atoms with Gasteiger partial charge in [0.2, 0.25) is 0 Å². The number of ether oxygens (including phenoxy) is 1. The molecule has 1 aromatic rings. The standard InChI is InChI=1S/C21H34N4O2/c1-2-19(24-12-6-3-7-13-24)16-23-21(26)25-14-9-20(10-15-25)27-17-18-8-4-5-11-22-18/h4-5,8,11,19-20H,2-3,6-7,9-10,12-17H2,1H3,(H,23,26)/t19-/m1/s1. The molecule has 0 bridgehead atoms. The van der Waals surface area contributed by atoms with Crippen molar-refractivity contribution in [3.8, 4) is 0 Å². The van der Waals surface area contributed by atoms with Gasteiger partial charge in [-0.25, -0.2) is 4.79 Å². The van der Waals surface area contributed by atoms with Crippen molar-refractivity contribution in [2.75, 3.05) is 32.7 Å². The summed E-state index contributed by atoms with van der Waals surface area (Å²) in [5.41, 5.74) is 0.959. The second-order valence-electron chi connectivity index (χ2n) is 7.66. The van der Waals surface area contributed by atoms with E-state index in [0.29, 0.717) is 12.6 Å². The van der Waals surface area contributed by atoms with E-state index in [1.165, 1.54) is 32.4 Å². The predicted molar refractivity (Wildman–Crippen MR) is 107 cm³/mol. The van der Waals surface area contributed by atoms with Crippen LogP contribution in [0.4, 0.5) is 4.79 Å². The summed E-state index contributed by atoms with van der Waals surface area (Å²) < 4.78 is 5.96. The maximum atomic E-state index is 12.5. The van der Waals surface area contributed by atoms with Crippen molar-refractivity contribution >= 4 is 6.03 Å². The average molecular weight is 375 g/mol. The second-order valence-corrected chi connectivity index (χ2v) is 7.66. The lowest BCUT2D eigenvalue weighted by atomic mass is 10.1. The quantitative estimate of drug-likeness (QED) is 0.797. The first-order chi connectivity index (χ1) is 13.3. The van der Waals surface area contributed by atoms with Gasteiger partial charge in [-0.3, -0.25) is 9.88 Å². The number of pyridine rings is 1. The third-order valence-corrected chi connectivity index (χ3v) is 5.79. The molecule has 6 heteroatoms. The Morgan fingerprint density at radius 2 is 2.00 bits per heavy atom. The molecular formula is C21H34N4O2. The lowest BCUT2D eigenvalue weighted by molar-refractivity contribution is 0.00294. The molecule has 0 aliphatic carbocycles. The Labute approximate surface area is 163 Å². The van der Waals surface area contributed by atoms with Crippen molar-refractivity contribution in [1.82, 2.24) is 20.1 Å². The number of piperidine rings is 2. The monoisotopic (exact) mass is 374 g/mol. The minimum atomic E-state index is 0.0774. The number of likely N-dealkylation sites (tertiary alicyclic amines) is 2. The Kier molecular flexibility index (Phi) is 7.90. The molecule has 2 aliphatic rings. The molecule has 3 rings (SSSR count). The van der Waals surface area contributed by atoms with Gasteiger partial charge in [-0.05, 0) is 57.3 Å². The topological polar surface area (TPSA) is 57.7 Å². The molecule has 2 saturated heterocycles. The number of hydrogen-bond donors (Lipinski definition) is 1. The van der Waals surface area contributed by atoms with E-state index in [0.717, 1.165) is 44.6 Å². The highest BCUT2D eigenvalue weighted by Crippen LogP contribution is 2.16. The number of aromatic nitrogens is 1. The molecule has 150 valence electrons. The van der Waals surface area contributed by atoms with Gasteiger partial charge in [-0.2, -0.15) is 0 Å². The van der Waals surface area contributed by atoms with Crippen molar-refractivity contribution in [3.63, 3.8) is 0 Å². The number of amides is 2. The van der Waals surface area contributed by atoms with Crippen LogP contribution in [0.2, 0.25) is 0 Å². The molecule has 3 heterocycles. The van der Waals surface area contributed by atoms with Gasteiger partial charge in [0.25, 0.3) is 0 Å². The van der Waals surface area contributed by atoms with E-state index in [1.54, 1.807) is 6.20 Å². The second kappa shape index (κ2) is 10.6. The third-order valence-electron chi connectivity index (χ3n) is 5.79. The van der Waals surface area contributed by atoms with E-state index in [4.69, 9.17) is 4.74 Å². The van der Waals surface area contributed by atoms with Crippen LogP contribution >= 0.6 is 0 Å². The Hall–Kier alpha value is -1.66. The van der Waals surface area contributed by atoms with Gasteiger partial charge in [0.1, 0.15) is 0 Å². The molecular weight excluding hydrogens is 340 g/mol. The Bertz CT molecular complexity index is 555. The molecule has 27 heavy (non-hydrogen) atoms. The van der Waals surface area contributed by atoms with E-state index in [2.05, 4.69) is 22.1 Å². The van der Waals surface area contributed by atoms with Crippen LogP contribution in [0.3, 0.4) is 0 Å². The summed E-state index contributed by atoms with van der Waals surface area (Å²) >= 11 is 0. The maximum absolute atomic E-state index is 12.5. The molecule has 0 radical (unpaired) electrons. The van der Waals surface area contributed by atoms with Gasteiger partial charge in [-0.15, -0.1) is 0 Å². The van der Waals surface area contributed by atoms with Gasteiger partial charge in [0, 0.05) is 31.9 Å². The molecule has 0 spiro atoms. The number of carbonyl (C=O) groups is 1. The van der Waals surface area contributed by atoms with Gasteiger partial charge >= 0.3 is 6.03 Å². The smallest absolute Gasteiger partial charge is 0.317 e. The zero-order chi connectivity index (χ0) is 18.9. The largest absolute Gasteiger partial charge is 0.372 e. The molecule has 6 nitrogen and oxygen atoms in total. The van der Waals surface area contributed by atoms with Gasteiger partial charge in [0.15, 0.2) is 0 Å². The lowest BCUT2D eigenvalue weighted by Gasteiger charge is -2.35. The first-order valence-electron chi connectivity index (χ1n) is 10.5. The van der Waals surface area contributed by atoms with Crippen molar-refractivity contribution in [1.29, 1.82) is 0 Å². The average Bonchev–Trinajstić information content (AvgIpc) is 2.74. The fourth-order valence-electron chi connectivity index (χ4n) is 4.04. The maximum Gasteiger partial charge on any atom is 0.317 e. The zero-order valence-electron chi connectivity index (χ0n) is 16.6. The van der Waals surface area contributed by atoms with Crippen molar-refractivity contribution in [2.24, 2.45) is 0 Å². The van der Waals surface area contributed by atoms with Crippen molar-refractivity contribution < 1.29 is 9.53 Å². The number of nitrogens with zero attached hydrogens (tertiary/aromatic N) is 3. The van der Waals surface area contributed by atoms with Crippen LogP contribution in [-0.4, -0.2) is 65.7 Å². The molecule has 0 unspecified atom stereocenters. The summed E-state index contributed by atoms with van der Waals surface area (Å²) in [4.78, 5) is 21.3. The minimum absolute atomic E-state index is 0.0774. The van der Waals surface area contributed by atoms with E-state index in [-0.39, 0.29) is 12.1 Å². The Balaban J connectivity index is 1.35. The van der Waals surface area contributed by atoms with E-state index < -0.39 is 0 Å². The number of nitrogens with one attached hydrogen (secondary N) is 1. The number of urea groups is 1. The van der Waals surface area contributed by atoms with E-state index in [1.807, 2.05) is 23.1 Å². The van der Waals surface area contributed by atoms with E-state index >= 15 is 0 Å². The summed E-state index contributed by atoms with van der Waals surface area (Å²) in [6, 6.07) is 6.41. The van der Waals surface area contributed by atoms with Gasteiger partial charge < -0.3 is 15.0 Å². The molecule has 1 aromatic heterocycles. The number of hydrogen-bond acceptors (Lipinski definition) is 4. The van der Waals surface area contributed by atoms with E-state index in [9.17, 15) is 4.79 Å². The molecule has 2 fully saturated rings. The molecule has 2 aliphatic heterocycles. The first-order valence-corrected chi connectivity index (χ1v) is 10.5. The van der Waals surface area contributed by atoms with Crippen molar-refractivity contribution in [2.45, 2.75) is 64.2 Å². The SMILES string of the molecule is CC[C@H](CNC(=O)N1CCC(OCc2ccccn2)CC1)N1CCCCC1. The third kappa shape index (κ3) is 6.18. The van der Waals surface area contributed by atoms with Crippen LogP contribution in [0.15, 0.2) is 24.4 Å². The molecule has 1 atom stereocenters. The summed E-state index contributed by atoms with van der Waals surface area (Å²) in [7, 11) is 0. The summed E-state index contributed by atoms with van der Waals surface area (Å²) in [5.74, 6) is 0. The Morgan fingerprint density at radius 3 is 2.67 bits per heavy atom.